The van der Waals surface area contributed by atoms with Gasteiger partial charge in [-0.05, 0) is 43.4 Å². The average molecular weight is 365 g/mol. The maximum atomic E-state index is 12.5. The van der Waals surface area contributed by atoms with E-state index in [1.165, 1.54) is 13.2 Å². The summed E-state index contributed by atoms with van der Waals surface area (Å²) in [6.07, 6.45) is 4.88. The summed E-state index contributed by atoms with van der Waals surface area (Å²) in [4.78, 5) is 12.5. The van der Waals surface area contributed by atoms with Gasteiger partial charge in [0.05, 0.1) is 19.2 Å². The fourth-order valence-corrected chi connectivity index (χ4v) is 3.25. The largest absolute Gasteiger partial charge is 0.493 e. The molecule has 6 nitrogen and oxygen atoms in total. The van der Waals surface area contributed by atoms with Crippen LogP contribution < -0.4 is 14.8 Å². The average Bonchev–Trinajstić information content (AvgIpc) is 3.10. The van der Waals surface area contributed by atoms with Crippen LogP contribution in [0.1, 0.15) is 35.6 Å². The van der Waals surface area contributed by atoms with Gasteiger partial charge in [-0.15, -0.1) is 0 Å². The molecule has 0 spiro atoms. The number of nitrogens with one attached hydrogen (secondary N) is 2. The molecule has 0 saturated carbocycles. The molecule has 0 radical (unpaired) electrons. The highest BCUT2D eigenvalue weighted by molar-refractivity contribution is 5.84. The van der Waals surface area contributed by atoms with Crippen LogP contribution in [-0.4, -0.2) is 36.4 Å². The number of carbonyl (C=O) groups excluding carboxylic acids is 1. The van der Waals surface area contributed by atoms with Gasteiger partial charge in [0.1, 0.15) is 0 Å². The number of nitrogens with zero attached hydrogens (tertiary/aromatic N) is 1. The smallest absolute Gasteiger partial charge is 0.387 e. The molecule has 2 aromatic rings. The second-order valence-electron chi connectivity index (χ2n) is 6.15. The fourth-order valence-electron chi connectivity index (χ4n) is 3.25. The van der Waals surface area contributed by atoms with E-state index in [4.69, 9.17) is 4.74 Å². The SMILES string of the molecule is COc1ccc(CCNC(=O)C2CCCc3[nH]ncc32)cc1OC(F)F. The molecule has 0 bridgehead atoms. The molecule has 26 heavy (non-hydrogen) atoms. The molecule has 1 heterocycles. The molecule has 1 aliphatic carbocycles. The zero-order valence-corrected chi connectivity index (χ0v) is 14.4. The van der Waals surface area contributed by atoms with Crippen molar-refractivity contribution in [2.24, 2.45) is 0 Å². The number of hydrogen-bond donors (Lipinski definition) is 2. The third-order valence-corrected chi connectivity index (χ3v) is 4.52. The molecule has 0 fully saturated rings. The zero-order valence-electron chi connectivity index (χ0n) is 14.4. The Hall–Kier alpha value is -2.64. The molecule has 1 aliphatic rings. The summed E-state index contributed by atoms with van der Waals surface area (Å²) in [5.41, 5.74) is 2.76. The van der Waals surface area contributed by atoms with E-state index >= 15 is 0 Å². The van der Waals surface area contributed by atoms with Crippen molar-refractivity contribution >= 4 is 5.91 Å². The first-order valence-electron chi connectivity index (χ1n) is 8.50. The summed E-state index contributed by atoms with van der Waals surface area (Å²) < 4.78 is 34.5. The second kappa shape index (κ2) is 8.16. The monoisotopic (exact) mass is 365 g/mol. The Morgan fingerprint density at radius 3 is 3.04 bits per heavy atom. The van der Waals surface area contributed by atoms with Crippen molar-refractivity contribution in [3.8, 4) is 11.5 Å². The number of fused-ring (bicyclic) bond motifs is 1. The summed E-state index contributed by atoms with van der Waals surface area (Å²) in [6, 6.07) is 4.85. The Morgan fingerprint density at radius 2 is 2.27 bits per heavy atom. The lowest BCUT2D eigenvalue weighted by atomic mass is 9.86. The number of benzene rings is 1. The van der Waals surface area contributed by atoms with E-state index in [-0.39, 0.29) is 23.3 Å². The Kier molecular flexibility index (Phi) is 5.70. The van der Waals surface area contributed by atoms with E-state index in [1.54, 1.807) is 18.3 Å². The van der Waals surface area contributed by atoms with Gasteiger partial charge < -0.3 is 14.8 Å². The zero-order chi connectivity index (χ0) is 18.5. The van der Waals surface area contributed by atoms with E-state index < -0.39 is 6.61 Å². The Labute approximate surface area is 149 Å². The predicted molar refractivity (Wildman–Crippen MR) is 90.6 cm³/mol. The highest BCUT2D eigenvalue weighted by Crippen LogP contribution is 2.31. The number of alkyl halides is 2. The molecule has 1 atom stereocenters. The van der Waals surface area contributed by atoms with Gasteiger partial charge in [0.25, 0.3) is 0 Å². The van der Waals surface area contributed by atoms with E-state index in [9.17, 15) is 13.6 Å². The van der Waals surface area contributed by atoms with Gasteiger partial charge in [-0.2, -0.15) is 13.9 Å². The third-order valence-electron chi connectivity index (χ3n) is 4.52. The number of amides is 1. The van der Waals surface area contributed by atoms with Crippen LogP contribution in [-0.2, 0) is 17.6 Å². The van der Waals surface area contributed by atoms with Crippen molar-refractivity contribution in [3.63, 3.8) is 0 Å². The van der Waals surface area contributed by atoms with Gasteiger partial charge in [0.15, 0.2) is 11.5 Å². The number of H-pyrrole nitrogens is 1. The van der Waals surface area contributed by atoms with Gasteiger partial charge in [-0.1, -0.05) is 6.07 Å². The molecule has 2 N–H and O–H groups in total. The molecule has 0 saturated heterocycles. The van der Waals surface area contributed by atoms with Crippen LogP contribution in [0.15, 0.2) is 24.4 Å². The summed E-state index contributed by atoms with van der Waals surface area (Å²) in [5.74, 6) is 0.00503. The quantitative estimate of drug-likeness (QED) is 0.791. The number of methoxy groups -OCH3 is 1. The highest BCUT2D eigenvalue weighted by Gasteiger charge is 2.27. The standard InChI is InChI=1S/C18H21F2N3O3/c1-25-15-6-5-11(9-16(15)26-18(19)20)7-8-21-17(24)12-3-2-4-14-13(12)10-22-23-14/h5-6,9-10,12,18H,2-4,7-8H2,1H3,(H,21,24)(H,22,23). The molecular formula is C18H21F2N3O3. The van der Waals surface area contributed by atoms with E-state index in [0.29, 0.717) is 13.0 Å². The molecule has 8 heteroatoms. The lowest BCUT2D eigenvalue weighted by Gasteiger charge is -2.21. The van der Waals surface area contributed by atoms with E-state index in [1.807, 2.05) is 0 Å². The topological polar surface area (TPSA) is 76.2 Å². The van der Waals surface area contributed by atoms with Crippen molar-refractivity contribution in [1.29, 1.82) is 0 Å². The number of aryl methyl sites for hydroxylation is 1. The second-order valence-corrected chi connectivity index (χ2v) is 6.15. The van der Waals surface area contributed by atoms with Crippen molar-refractivity contribution in [3.05, 3.63) is 41.2 Å². The van der Waals surface area contributed by atoms with Crippen molar-refractivity contribution in [2.45, 2.75) is 38.2 Å². The van der Waals surface area contributed by atoms with Crippen LogP contribution in [0.5, 0.6) is 11.5 Å². The van der Waals surface area contributed by atoms with E-state index in [0.717, 1.165) is 36.1 Å². The minimum atomic E-state index is -2.92. The minimum Gasteiger partial charge on any atom is -0.493 e. The molecule has 140 valence electrons. The number of rotatable bonds is 7. The van der Waals surface area contributed by atoms with Gasteiger partial charge in [-0.3, -0.25) is 9.89 Å². The summed E-state index contributed by atoms with van der Waals surface area (Å²) >= 11 is 0. The maximum Gasteiger partial charge on any atom is 0.387 e. The van der Waals surface area contributed by atoms with Gasteiger partial charge in [0, 0.05) is 17.8 Å². The Bertz CT molecular complexity index is 764. The number of aromatic amines is 1. The van der Waals surface area contributed by atoms with Crippen LogP contribution >= 0.6 is 0 Å². The molecule has 1 amide bonds. The first-order chi connectivity index (χ1) is 12.6. The lowest BCUT2D eigenvalue weighted by molar-refractivity contribution is -0.122. The number of aromatic nitrogens is 2. The Morgan fingerprint density at radius 1 is 1.42 bits per heavy atom. The molecule has 1 aromatic carbocycles. The molecule has 3 rings (SSSR count). The van der Waals surface area contributed by atoms with Crippen LogP contribution in [0, 0.1) is 0 Å². The number of ether oxygens (including phenoxy) is 2. The van der Waals surface area contributed by atoms with Gasteiger partial charge in [0.2, 0.25) is 5.91 Å². The molecule has 0 aliphatic heterocycles. The molecule has 1 aromatic heterocycles. The lowest BCUT2D eigenvalue weighted by Crippen LogP contribution is -2.32. The van der Waals surface area contributed by atoms with Crippen molar-refractivity contribution in [2.75, 3.05) is 13.7 Å². The summed E-state index contributed by atoms with van der Waals surface area (Å²) in [6.45, 7) is -2.52. The van der Waals surface area contributed by atoms with Crippen molar-refractivity contribution in [1.82, 2.24) is 15.5 Å². The fraction of sp³-hybridized carbons (Fsp3) is 0.444. The first kappa shape index (κ1) is 18.2. The maximum absolute atomic E-state index is 12.5. The predicted octanol–water partition coefficient (Wildman–Crippen LogP) is 2.80. The van der Waals surface area contributed by atoms with Crippen molar-refractivity contribution < 1.29 is 23.0 Å². The first-order valence-corrected chi connectivity index (χ1v) is 8.50. The number of halogens is 2. The summed E-state index contributed by atoms with van der Waals surface area (Å²) in [5, 5.41) is 9.88. The molecule has 1 unspecified atom stereocenters. The highest BCUT2D eigenvalue weighted by atomic mass is 19.3. The van der Waals surface area contributed by atoms with Gasteiger partial charge in [-0.25, -0.2) is 0 Å². The number of hydrogen-bond acceptors (Lipinski definition) is 4. The Balaban J connectivity index is 1.57. The minimum absolute atomic E-state index is 0.0124. The third kappa shape index (κ3) is 4.12. The van der Waals surface area contributed by atoms with Crippen LogP contribution in [0.3, 0.4) is 0 Å². The van der Waals surface area contributed by atoms with Gasteiger partial charge >= 0.3 is 6.61 Å². The normalized spacial score (nSPS) is 16.2. The van der Waals surface area contributed by atoms with Crippen LogP contribution in [0.2, 0.25) is 0 Å². The van der Waals surface area contributed by atoms with E-state index in [2.05, 4.69) is 20.3 Å². The van der Waals surface area contributed by atoms with Crippen LogP contribution in [0.25, 0.3) is 0 Å². The molecular weight excluding hydrogens is 344 g/mol. The number of carbonyl (C=O) groups is 1. The summed E-state index contributed by atoms with van der Waals surface area (Å²) in [7, 11) is 1.39. The van der Waals surface area contributed by atoms with Crippen LogP contribution in [0.4, 0.5) is 8.78 Å².